The number of aromatic nitrogens is 3. The molecule has 0 saturated heterocycles. The maximum atomic E-state index is 9.25. The molecule has 0 amide bonds. The molecule has 0 bridgehead atoms. The first kappa shape index (κ1) is 14.8. The molecule has 5 nitrogen and oxygen atoms in total. The molecule has 0 fully saturated rings. The maximum Gasteiger partial charge on any atom is 0.189 e. The summed E-state index contributed by atoms with van der Waals surface area (Å²) >= 11 is 0. The van der Waals surface area contributed by atoms with Gasteiger partial charge in [0.1, 0.15) is 24.1 Å². The van der Waals surface area contributed by atoms with Crippen molar-refractivity contribution in [2.24, 2.45) is 0 Å². The number of nitrogens with zero attached hydrogens (tertiary/aromatic N) is 4. The van der Waals surface area contributed by atoms with E-state index in [0.717, 1.165) is 22.6 Å². The number of benzene rings is 2. The van der Waals surface area contributed by atoms with Crippen molar-refractivity contribution in [2.45, 2.75) is 20.5 Å². The minimum Gasteiger partial charge on any atom is -0.487 e. The summed E-state index contributed by atoms with van der Waals surface area (Å²) in [5.74, 6) is 0.801. The van der Waals surface area contributed by atoms with Crippen LogP contribution >= 0.6 is 0 Å². The molecule has 3 rings (SSSR count). The van der Waals surface area contributed by atoms with Crippen molar-refractivity contribution in [3.8, 4) is 17.5 Å². The van der Waals surface area contributed by atoms with Crippen LogP contribution in [0.3, 0.4) is 0 Å². The topological polar surface area (TPSA) is 63.7 Å². The van der Waals surface area contributed by atoms with Crippen molar-refractivity contribution in [3.63, 3.8) is 0 Å². The zero-order valence-corrected chi connectivity index (χ0v) is 13.0. The molecule has 0 N–H and O–H groups in total. The molecule has 0 spiro atoms. The van der Waals surface area contributed by atoms with E-state index < -0.39 is 0 Å². The van der Waals surface area contributed by atoms with E-state index in [-0.39, 0.29) is 12.3 Å². The third-order valence-electron chi connectivity index (χ3n) is 3.79. The summed E-state index contributed by atoms with van der Waals surface area (Å²) in [5.41, 5.74) is 4.02. The third kappa shape index (κ3) is 2.92. The molecule has 0 radical (unpaired) electrons. The Kier molecular flexibility index (Phi) is 4.07. The minimum absolute atomic E-state index is 0.231. The summed E-state index contributed by atoms with van der Waals surface area (Å²) in [6.07, 6.45) is 0. The Morgan fingerprint density at radius 1 is 1.09 bits per heavy atom. The van der Waals surface area contributed by atoms with Gasteiger partial charge in [0.15, 0.2) is 5.69 Å². The predicted molar refractivity (Wildman–Crippen MR) is 86.3 cm³/mol. The Morgan fingerprint density at radius 2 is 1.87 bits per heavy atom. The van der Waals surface area contributed by atoms with Crippen molar-refractivity contribution < 1.29 is 4.74 Å². The molecule has 5 heteroatoms. The van der Waals surface area contributed by atoms with Crippen LogP contribution in [0.1, 0.15) is 22.5 Å². The molecule has 0 aliphatic carbocycles. The molecular formula is C18H16N4O. The van der Waals surface area contributed by atoms with Gasteiger partial charge in [-0.2, -0.15) is 5.26 Å². The van der Waals surface area contributed by atoms with E-state index >= 15 is 0 Å². The van der Waals surface area contributed by atoms with Crippen LogP contribution < -0.4 is 4.74 Å². The molecule has 0 saturated carbocycles. The lowest BCUT2D eigenvalue weighted by Gasteiger charge is -2.12. The van der Waals surface area contributed by atoms with Crippen molar-refractivity contribution in [3.05, 3.63) is 71.0 Å². The number of ether oxygens (including phenoxy) is 1. The standard InChI is InChI=1S/C18H16N4O/c1-13-7-6-10-18(14(13)2)23-12-17-16(11-19)20-21-22(17)15-8-4-3-5-9-15/h3-10H,12H2,1-2H3. The fraction of sp³-hybridized carbons (Fsp3) is 0.167. The Labute approximate surface area is 134 Å². The monoisotopic (exact) mass is 304 g/mol. The molecule has 23 heavy (non-hydrogen) atoms. The van der Waals surface area contributed by atoms with Gasteiger partial charge < -0.3 is 4.74 Å². The number of hydrogen-bond donors (Lipinski definition) is 0. The second-order valence-corrected chi connectivity index (χ2v) is 5.23. The highest BCUT2D eigenvalue weighted by Crippen LogP contribution is 2.22. The van der Waals surface area contributed by atoms with Gasteiger partial charge in [-0.05, 0) is 43.2 Å². The van der Waals surface area contributed by atoms with Crippen molar-refractivity contribution >= 4 is 0 Å². The van der Waals surface area contributed by atoms with Crippen LogP contribution in [0, 0.1) is 25.2 Å². The average molecular weight is 304 g/mol. The molecule has 1 aromatic heterocycles. The van der Waals surface area contributed by atoms with Gasteiger partial charge in [-0.1, -0.05) is 35.5 Å². The van der Waals surface area contributed by atoms with E-state index in [2.05, 4.69) is 16.4 Å². The normalized spacial score (nSPS) is 10.3. The summed E-state index contributed by atoms with van der Waals surface area (Å²) in [6.45, 7) is 4.29. The largest absolute Gasteiger partial charge is 0.487 e. The Balaban J connectivity index is 1.92. The van der Waals surface area contributed by atoms with E-state index in [1.165, 1.54) is 0 Å². The van der Waals surface area contributed by atoms with Crippen LogP contribution in [0.5, 0.6) is 5.75 Å². The summed E-state index contributed by atoms with van der Waals surface area (Å²) in [6, 6.07) is 17.6. The summed E-state index contributed by atoms with van der Waals surface area (Å²) in [5, 5.41) is 17.3. The molecule has 0 aliphatic rings. The quantitative estimate of drug-likeness (QED) is 0.741. The molecule has 0 atom stereocenters. The maximum absolute atomic E-state index is 9.25. The first-order chi connectivity index (χ1) is 11.2. The molecule has 0 unspecified atom stereocenters. The van der Waals surface area contributed by atoms with Gasteiger partial charge in [0.2, 0.25) is 0 Å². The lowest BCUT2D eigenvalue weighted by molar-refractivity contribution is 0.295. The molecule has 3 aromatic rings. The summed E-state index contributed by atoms with van der Waals surface area (Å²) in [7, 11) is 0. The van der Waals surface area contributed by atoms with Gasteiger partial charge in [-0.3, -0.25) is 0 Å². The summed E-state index contributed by atoms with van der Waals surface area (Å²) < 4.78 is 7.56. The lowest BCUT2D eigenvalue weighted by Crippen LogP contribution is -2.07. The third-order valence-corrected chi connectivity index (χ3v) is 3.79. The van der Waals surface area contributed by atoms with E-state index in [4.69, 9.17) is 4.74 Å². The van der Waals surface area contributed by atoms with Gasteiger partial charge >= 0.3 is 0 Å². The number of hydrogen-bond acceptors (Lipinski definition) is 4. The second-order valence-electron chi connectivity index (χ2n) is 5.23. The SMILES string of the molecule is Cc1cccc(OCc2c(C#N)nnn2-c2ccccc2)c1C. The zero-order valence-electron chi connectivity index (χ0n) is 13.0. The van der Waals surface area contributed by atoms with Gasteiger partial charge in [0.25, 0.3) is 0 Å². The van der Waals surface area contributed by atoms with E-state index in [9.17, 15) is 5.26 Å². The zero-order chi connectivity index (χ0) is 16.2. The smallest absolute Gasteiger partial charge is 0.189 e. The number of aryl methyl sites for hydroxylation is 1. The van der Waals surface area contributed by atoms with Crippen LogP contribution in [0.25, 0.3) is 5.69 Å². The van der Waals surface area contributed by atoms with Gasteiger partial charge in [0, 0.05) is 0 Å². The Hall–Kier alpha value is -3.13. The van der Waals surface area contributed by atoms with Crippen LogP contribution in [0.15, 0.2) is 48.5 Å². The number of nitriles is 1. The highest BCUT2D eigenvalue weighted by atomic mass is 16.5. The van der Waals surface area contributed by atoms with E-state index in [0.29, 0.717) is 5.69 Å². The molecular weight excluding hydrogens is 288 g/mol. The van der Waals surface area contributed by atoms with E-state index in [1.54, 1.807) is 4.68 Å². The van der Waals surface area contributed by atoms with Crippen LogP contribution in [-0.2, 0) is 6.61 Å². The van der Waals surface area contributed by atoms with Crippen molar-refractivity contribution in [1.29, 1.82) is 5.26 Å². The Morgan fingerprint density at radius 3 is 2.61 bits per heavy atom. The predicted octanol–water partition coefficient (Wildman–Crippen LogP) is 3.33. The first-order valence-corrected chi connectivity index (χ1v) is 7.30. The van der Waals surface area contributed by atoms with E-state index in [1.807, 2.05) is 62.4 Å². The summed E-state index contributed by atoms with van der Waals surface area (Å²) in [4.78, 5) is 0. The van der Waals surface area contributed by atoms with Crippen LogP contribution in [-0.4, -0.2) is 15.0 Å². The van der Waals surface area contributed by atoms with Gasteiger partial charge in [-0.25, -0.2) is 4.68 Å². The fourth-order valence-electron chi connectivity index (χ4n) is 2.32. The molecule has 114 valence electrons. The molecule has 1 heterocycles. The van der Waals surface area contributed by atoms with Crippen LogP contribution in [0.2, 0.25) is 0 Å². The van der Waals surface area contributed by atoms with Crippen LogP contribution in [0.4, 0.5) is 0 Å². The highest BCUT2D eigenvalue weighted by molar-refractivity contribution is 5.39. The molecule has 0 aliphatic heterocycles. The Bertz CT molecular complexity index is 862. The minimum atomic E-state index is 0.231. The van der Waals surface area contributed by atoms with Gasteiger partial charge in [-0.15, -0.1) is 5.10 Å². The average Bonchev–Trinajstić information content (AvgIpc) is 3.00. The lowest BCUT2D eigenvalue weighted by atomic mass is 10.1. The fourth-order valence-corrected chi connectivity index (χ4v) is 2.32. The van der Waals surface area contributed by atoms with Crippen molar-refractivity contribution in [1.82, 2.24) is 15.0 Å². The second kappa shape index (κ2) is 6.32. The number of para-hydroxylation sites is 1. The highest BCUT2D eigenvalue weighted by Gasteiger charge is 2.15. The van der Waals surface area contributed by atoms with Gasteiger partial charge in [0.05, 0.1) is 5.69 Å². The first-order valence-electron chi connectivity index (χ1n) is 7.30. The van der Waals surface area contributed by atoms with Crippen molar-refractivity contribution in [2.75, 3.05) is 0 Å². The number of rotatable bonds is 4. The molecule has 2 aromatic carbocycles.